The number of benzene rings is 1. The largest absolute Gasteiger partial charge is 0.508 e. The summed E-state index contributed by atoms with van der Waals surface area (Å²) in [7, 11) is 0. The molecule has 2 rings (SSSR count). The number of aromatic nitrogens is 1. The van der Waals surface area contributed by atoms with Crippen LogP contribution in [0, 0.1) is 0 Å². The van der Waals surface area contributed by atoms with Gasteiger partial charge in [-0.25, -0.2) is 0 Å². The van der Waals surface area contributed by atoms with Crippen LogP contribution in [0.25, 0.3) is 5.69 Å². The van der Waals surface area contributed by atoms with E-state index in [0.717, 1.165) is 12.0 Å². The molecule has 1 aromatic heterocycles. The highest BCUT2D eigenvalue weighted by molar-refractivity contribution is 5.73. The van der Waals surface area contributed by atoms with Crippen molar-refractivity contribution in [3.05, 3.63) is 48.3 Å². The summed E-state index contributed by atoms with van der Waals surface area (Å²) in [5, 5.41) is 9.10. The number of hydrogen-bond donors (Lipinski definition) is 1. The molecule has 3 nitrogen and oxygen atoms in total. The lowest BCUT2D eigenvalue weighted by Crippen LogP contribution is -1.96. The number of rotatable bonds is 2. The van der Waals surface area contributed by atoms with E-state index in [9.17, 15) is 4.79 Å². The Bertz CT molecular complexity index is 443. The van der Waals surface area contributed by atoms with Gasteiger partial charge < -0.3 is 9.67 Å². The molecule has 3 heteroatoms. The molecule has 70 valence electrons. The number of aromatic hydroxyl groups is 1. The predicted molar refractivity (Wildman–Crippen MR) is 52.8 cm³/mol. The van der Waals surface area contributed by atoms with E-state index in [1.807, 2.05) is 0 Å². The first kappa shape index (κ1) is 8.56. The fourth-order valence-corrected chi connectivity index (χ4v) is 1.34. The molecule has 1 aromatic carbocycles. The molecule has 2 aromatic rings. The summed E-state index contributed by atoms with van der Waals surface area (Å²) in [4.78, 5) is 10.7. The van der Waals surface area contributed by atoms with Gasteiger partial charge in [-0.05, 0) is 36.4 Å². The van der Waals surface area contributed by atoms with Crippen LogP contribution < -0.4 is 0 Å². The normalized spacial score (nSPS) is 10.0. The average molecular weight is 187 g/mol. The highest BCUT2D eigenvalue weighted by Crippen LogP contribution is 2.15. The molecule has 1 heterocycles. The Balaban J connectivity index is 2.49. The molecule has 0 amide bonds. The highest BCUT2D eigenvalue weighted by Gasteiger charge is 2.00. The second-order valence-electron chi connectivity index (χ2n) is 2.94. The van der Waals surface area contributed by atoms with Gasteiger partial charge in [0.1, 0.15) is 5.75 Å². The Labute approximate surface area is 81.2 Å². The van der Waals surface area contributed by atoms with Gasteiger partial charge in [-0.15, -0.1) is 0 Å². The fourth-order valence-electron chi connectivity index (χ4n) is 1.34. The van der Waals surface area contributed by atoms with E-state index in [1.165, 1.54) is 0 Å². The zero-order chi connectivity index (χ0) is 9.97. The minimum atomic E-state index is 0.216. The smallest absolute Gasteiger partial charge is 0.166 e. The van der Waals surface area contributed by atoms with Crippen LogP contribution >= 0.6 is 0 Å². The number of carbonyl (C=O) groups is 1. The van der Waals surface area contributed by atoms with Gasteiger partial charge in [0.2, 0.25) is 0 Å². The molecule has 0 radical (unpaired) electrons. The Morgan fingerprint density at radius 1 is 1.14 bits per heavy atom. The molecule has 1 N–H and O–H groups in total. The van der Waals surface area contributed by atoms with E-state index < -0.39 is 0 Å². The summed E-state index contributed by atoms with van der Waals surface area (Å²) >= 11 is 0. The lowest BCUT2D eigenvalue weighted by atomic mass is 10.3. The van der Waals surface area contributed by atoms with E-state index in [4.69, 9.17) is 5.11 Å². The summed E-state index contributed by atoms with van der Waals surface area (Å²) in [6.07, 6.45) is 2.60. The van der Waals surface area contributed by atoms with E-state index in [0.29, 0.717) is 5.69 Å². The molecule has 0 saturated heterocycles. The van der Waals surface area contributed by atoms with Gasteiger partial charge in [-0.3, -0.25) is 4.79 Å². The van der Waals surface area contributed by atoms with Gasteiger partial charge in [-0.2, -0.15) is 0 Å². The van der Waals surface area contributed by atoms with Crippen molar-refractivity contribution in [2.24, 2.45) is 0 Å². The van der Waals surface area contributed by atoms with Crippen LogP contribution in [0.15, 0.2) is 42.6 Å². The Hall–Kier alpha value is -2.03. The molecular formula is C11H9NO2. The predicted octanol–water partition coefficient (Wildman–Crippen LogP) is 2.00. The number of carbonyl (C=O) groups excluding carboxylic acids is 1. The Morgan fingerprint density at radius 2 is 1.86 bits per heavy atom. The van der Waals surface area contributed by atoms with Crippen LogP contribution in [0.1, 0.15) is 10.5 Å². The first-order valence-electron chi connectivity index (χ1n) is 4.23. The quantitative estimate of drug-likeness (QED) is 0.730. The minimum absolute atomic E-state index is 0.216. The molecule has 0 saturated carbocycles. The fraction of sp³-hybridized carbons (Fsp3) is 0. The zero-order valence-corrected chi connectivity index (χ0v) is 7.42. The molecule has 0 unspecified atom stereocenters. The molecule has 0 aliphatic heterocycles. The number of phenols is 1. The molecule has 14 heavy (non-hydrogen) atoms. The summed E-state index contributed by atoms with van der Waals surface area (Å²) in [6.45, 7) is 0. The Morgan fingerprint density at radius 3 is 2.50 bits per heavy atom. The van der Waals surface area contributed by atoms with Crippen LogP contribution in [0.3, 0.4) is 0 Å². The van der Waals surface area contributed by atoms with Gasteiger partial charge in [0.15, 0.2) is 6.29 Å². The van der Waals surface area contributed by atoms with Crippen LogP contribution in [0.2, 0.25) is 0 Å². The van der Waals surface area contributed by atoms with Crippen LogP contribution in [-0.2, 0) is 0 Å². The summed E-state index contributed by atoms with van der Waals surface area (Å²) < 4.78 is 1.76. The van der Waals surface area contributed by atoms with Gasteiger partial charge in [-0.1, -0.05) is 0 Å². The van der Waals surface area contributed by atoms with Gasteiger partial charge in [0.05, 0.1) is 5.69 Å². The maximum absolute atomic E-state index is 10.7. The molecule has 0 bridgehead atoms. The first-order chi connectivity index (χ1) is 6.81. The second-order valence-corrected chi connectivity index (χ2v) is 2.94. The number of nitrogens with zero attached hydrogens (tertiary/aromatic N) is 1. The second kappa shape index (κ2) is 3.38. The van der Waals surface area contributed by atoms with Crippen molar-refractivity contribution < 1.29 is 9.90 Å². The van der Waals surface area contributed by atoms with Crippen LogP contribution in [-0.4, -0.2) is 16.0 Å². The van der Waals surface area contributed by atoms with Crippen LogP contribution in [0.4, 0.5) is 0 Å². The summed E-state index contributed by atoms with van der Waals surface area (Å²) in [5.41, 5.74) is 1.45. The number of aldehydes is 1. The van der Waals surface area contributed by atoms with Crippen LogP contribution in [0.5, 0.6) is 5.75 Å². The lowest BCUT2D eigenvalue weighted by Gasteiger charge is -2.04. The number of phenolic OH excluding ortho intramolecular Hbond substituents is 1. The van der Waals surface area contributed by atoms with Gasteiger partial charge >= 0.3 is 0 Å². The van der Waals surface area contributed by atoms with E-state index in [1.54, 1.807) is 47.2 Å². The summed E-state index contributed by atoms with van der Waals surface area (Å²) in [5.74, 6) is 0.216. The molecule has 0 spiro atoms. The van der Waals surface area contributed by atoms with E-state index in [-0.39, 0.29) is 5.75 Å². The topological polar surface area (TPSA) is 42.2 Å². The number of hydrogen-bond acceptors (Lipinski definition) is 2. The molecule has 0 aliphatic rings. The molecule has 0 atom stereocenters. The van der Waals surface area contributed by atoms with Crippen molar-refractivity contribution in [1.29, 1.82) is 0 Å². The molecule has 0 aliphatic carbocycles. The average Bonchev–Trinajstić information content (AvgIpc) is 2.67. The Kier molecular flexibility index (Phi) is 2.07. The lowest BCUT2D eigenvalue weighted by molar-refractivity contribution is 0.111. The molecule has 0 fully saturated rings. The van der Waals surface area contributed by atoms with Crippen molar-refractivity contribution in [2.75, 3.05) is 0 Å². The van der Waals surface area contributed by atoms with Crippen molar-refractivity contribution >= 4 is 6.29 Å². The summed E-state index contributed by atoms with van der Waals surface area (Å²) in [6, 6.07) is 10.2. The maximum Gasteiger partial charge on any atom is 0.166 e. The third-order valence-corrected chi connectivity index (χ3v) is 2.03. The van der Waals surface area contributed by atoms with Gasteiger partial charge in [0, 0.05) is 11.9 Å². The minimum Gasteiger partial charge on any atom is -0.508 e. The van der Waals surface area contributed by atoms with Crippen molar-refractivity contribution in [1.82, 2.24) is 4.57 Å². The van der Waals surface area contributed by atoms with Crippen molar-refractivity contribution in [3.8, 4) is 11.4 Å². The van der Waals surface area contributed by atoms with E-state index >= 15 is 0 Å². The standard InChI is InChI=1S/C11H9NO2/c13-8-10-2-1-7-12(10)9-3-5-11(14)6-4-9/h1-8,14H. The monoisotopic (exact) mass is 187 g/mol. The van der Waals surface area contributed by atoms with Crippen molar-refractivity contribution in [3.63, 3.8) is 0 Å². The highest BCUT2D eigenvalue weighted by atomic mass is 16.3. The zero-order valence-electron chi connectivity index (χ0n) is 7.42. The first-order valence-corrected chi connectivity index (χ1v) is 4.23. The van der Waals surface area contributed by atoms with Crippen molar-refractivity contribution in [2.45, 2.75) is 0 Å². The third kappa shape index (κ3) is 1.40. The molecular weight excluding hydrogens is 178 g/mol. The maximum atomic E-state index is 10.7. The van der Waals surface area contributed by atoms with Gasteiger partial charge in [0.25, 0.3) is 0 Å². The SMILES string of the molecule is O=Cc1cccn1-c1ccc(O)cc1. The van der Waals surface area contributed by atoms with E-state index in [2.05, 4.69) is 0 Å². The third-order valence-electron chi connectivity index (χ3n) is 2.03.